The van der Waals surface area contributed by atoms with Gasteiger partial charge in [0.1, 0.15) is 5.82 Å². The summed E-state index contributed by atoms with van der Waals surface area (Å²) in [7, 11) is 0. The highest BCUT2D eigenvalue weighted by Gasteiger charge is 2.31. The average Bonchev–Trinajstić information content (AvgIpc) is 3.33. The molecule has 0 aliphatic carbocycles. The minimum absolute atomic E-state index is 0.0363. The Balaban J connectivity index is 1.54. The summed E-state index contributed by atoms with van der Waals surface area (Å²) in [5, 5.41) is 3.28. The molecule has 2 aliphatic rings. The van der Waals surface area contributed by atoms with E-state index in [1.807, 2.05) is 36.1 Å². The van der Waals surface area contributed by atoms with Crippen LogP contribution in [0.1, 0.15) is 30.1 Å². The van der Waals surface area contributed by atoms with Gasteiger partial charge in [-0.2, -0.15) is 0 Å². The number of morpholine rings is 1. The van der Waals surface area contributed by atoms with Crippen LogP contribution in [-0.4, -0.2) is 67.8 Å². The van der Waals surface area contributed by atoms with E-state index in [4.69, 9.17) is 14.5 Å². The Bertz CT molecular complexity index is 1190. The fourth-order valence-electron chi connectivity index (χ4n) is 4.74. The summed E-state index contributed by atoms with van der Waals surface area (Å²) in [4.78, 5) is 35.0. The van der Waals surface area contributed by atoms with Crippen molar-refractivity contribution < 1.29 is 19.1 Å². The molecule has 8 heteroatoms. The van der Waals surface area contributed by atoms with E-state index in [9.17, 15) is 9.59 Å². The van der Waals surface area contributed by atoms with Gasteiger partial charge in [0.15, 0.2) is 0 Å². The largest absolute Gasteiger partial charge is 0.466 e. The number of benzene rings is 1. The number of piperidine rings is 1. The summed E-state index contributed by atoms with van der Waals surface area (Å²) in [6.07, 6.45) is 1.64. The normalized spacial score (nSPS) is 18.8. The molecule has 3 aromatic rings. The number of hydrogen-bond donors (Lipinski definition) is 0. The number of hydrogen-bond acceptors (Lipinski definition) is 7. The Kier molecular flexibility index (Phi) is 6.78. The lowest BCUT2D eigenvalue weighted by molar-refractivity contribution is -0.148. The van der Waals surface area contributed by atoms with Crippen molar-refractivity contribution in [3.63, 3.8) is 0 Å². The summed E-state index contributed by atoms with van der Waals surface area (Å²) < 4.78 is 11.9. The van der Waals surface area contributed by atoms with Crippen LogP contribution in [0.5, 0.6) is 0 Å². The number of carbonyl (C=O) groups is 2. The summed E-state index contributed by atoms with van der Waals surface area (Å²) in [6.45, 7) is 5.68. The second-order valence-corrected chi connectivity index (χ2v) is 9.57. The van der Waals surface area contributed by atoms with Crippen LogP contribution in [0.4, 0.5) is 5.82 Å². The van der Waals surface area contributed by atoms with Crippen molar-refractivity contribution in [3.8, 4) is 11.3 Å². The Labute approximate surface area is 203 Å². The average molecular weight is 480 g/mol. The molecule has 2 aliphatic heterocycles. The van der Waals surface area contributed by atoms with Crippen LogP contribution in [0.25, 0.3) is 21.3 Å². The number of carbonyl (C=O) groups excluding carboxylic acids is 2. The Morgan fingerprint density at radius 2 is 1.97 bits per heavy atom. The van der Waals surface area contributed by atoms with Gasteiger partial charge in [0.2, 0.25) is 0 Å². The third-order valence-electron chi connectivity index (χ3n) is 6.50. The first kappa shape index (κ1) is 22.8. The maximum absolute atomic E-state index is 13.5. The lowest BCUT2D eigenvalue weighted by Crippen LogP contribution is -2.43. The first-order chi connectivity index (χ1) is 16.7. The molecular formula is C26H29N3O4S. The molecule has 1 amide bonds. The van der Waals surface area contributed by atoms with Crippen molar-refractivity contribution in [1.82, 2.24) is 9.88 Å². The van der Waals surface area contributed by atoms with Gasteiger partial charge in [-0.05, 0) is 38.0 Å². The monoisotopic (exact) mass is 479 g/mol. The van der Waals surface area contributed by atoms with Crippen LogP contribution in [0.3, 0.4) is 0 Å². The molecule has 0 saturated carbocycles. The highest BCUT2D eigenvalue weighted by atomic mass is 32.1. The second-order valence-electron chi connectivity index (χ2n) is 8.65. The molecule has 0 spiro atoms. The lowest BCUT2D eigenvalue weighted by Gasteiger charge is -2.34. The molecule has 1 atom stereocenters. The highest BCUT2D eigenvalue weighted by molar-refractivity contribution is 7.17. The minimum atomic E-state index is -0.215. The Morgan fingerprint density at radius 1 is 1.15 bits per heavy atom. The van der Waals surface area contributed by atoms with E-state index >= 15 is 0 Å². The quantitative estimate of drug-likeness (QED) is 0.511. The standard InChI is InChI=1S/C26H29N3O4S/c1-2-33-26(31)18-6-5-11-29(16-18)24-20(25(30)28-12-14-32-15-13-28)9-10-22(27-24)21-17-34-23-8-4-3-7-19(21)23/h3-4,7-10,17-18H,2,5-6,11-16H2,1H3/t18-/m0/s1. The summed E-state index contributed by atoms with van der Waals surface area (Å²) in [5.74, 6) is 0.227. The van der Waals surface area contributed by atoms with Crippen molar-refractivity contribution in [2.45, 2.75) is 19.8 Å². The molecule has 0 radical (unpaired) electrons. The predicted molar refractivity (Wildman–Crippen MR) is 133 cm³/mol. The number of thiophene rings is 1. The van der Waals surface area contributed by atoms with Gasteiger partial charge in [0.05, 0.1) is 37.0 Å². The first-order valence-corrected chi connectivity index (χ1v) is 12.8. The van der Waals surface area contributed by atoms with Gasteiger partial charge >= 0.3 is 5.97 Å². The van der Waals surface area contributed by atoms with Crippen molar-refractivity contribution >= 4 is 39.1 Å². The molecule has 2 aromatic heterocycles. The maximum Gasteiger partial charge on any atom is 0.310 e. The smallest absolute Gasteiger partial charge is 0.310 e. The van der Waals surface area contributed by atoms with Gasteiger partial charge in [-0.15, -0.1) is 11.3 Å². The van der Waals surface area contributed by atoms with Crippen LogP contribution in [0, 0.1) is 5.92 Å². The number of fused-ring (bicyclic) bond motifs is 1. The molecule has 34 heavy (non-hydrogen) atoms. The number of rotatable bonds is 5. The van der Waals surface area contributed by atoms with Crippen molar-refractivity contribution in [1.29, 1.82) is 0 Å². The topological polar surface area (TPSA) is 72.0 Å². The summed E-state index contributed by atoms with van der Waals surface area (Å²) >= 11 is 1.69. The van der Waals surface area contributed by atoms with Crippen LogP contribution in [0.15, 0.2) is 41.8 Å². The Morgan fingerprint density at radius 3 is 2.79 bits per heavy atom. The molecule has 0 unspecified atom stereocenters. The van der Waals surface area contributed by atoms with Gasteiger partial charge in [0.25, 0.3) is 5.91 Å². The van der Waals surface area contributed by atoms with Gasteiger partial charge in [-0.25, -0.2) is 4.98 Å². The van der Waals surface area contributed by atoms with E-state index in [-0.39, 0.29) is 17.8 Å². The molecule has 7 nitrogen and oxygen atoms in total. The van der Waals surface area contributed by atoms with Crippen LogP contribution < -0.4 is 4.90 Å². The van der Waals surface area contributed by atoms with Crippen molar-refractivity contribution in [2.24, 2.45) is 5.92 Å². The van der Waals surface area contributed by atoms with Gasteiger partial charge < -0.3 is 19.3 Å². The van der Waals surface area contributed by atoms with E-state index in [1.54, 1.807) is 11.3 Å². The van der Waals surface area contributed by atoms with Crippen molar-refractivity contribution in [2.75, 3.05) is 50.9 Å². The number of anilines is 1. The van der Waals surface area contributed by atoms with Gasteiger partial charge in [-0.3, -0.25) is 9.59 Å². The number of nitrogens with zero attached hydrogens (tertiary/aromatic N) is 3. The second kappa shape index (κ2) is 10.1. The minimum Gasteiger partial charge on any atom is -0.466 e. The van der Waals surface area contributed by atoms with Gasteiger partial charge in [-0.1, -0.05) is 18.2 Å². The zero-order valence-corrected chi connectivity index (χ0v) is 20.2. The van der Waals surface area contributed by atoms with Crippen molar-refractivity contribution in [3.05, 3.63) is 47.3 Å². The molecule has 2 saturated heterocycles. The van der Waals surface area contributed by atoms with E-state index in [0.717, 1.165) is 36.0 Å². The van der Waals surface area contributed by atoms with Crippen LogP contribution in [0.2, 0.25) is 0 Å². The zero-order chi connectivity index (χ0) is 23.5. The van der Waals surface area contributed by atoms with Crippen LogP contribution in [-0.2, 0) is 14.3 Å². The molecule has 2 fully saturated rings. The molecular weight excluding hydrogens is 450 g/mol. The third-order valence-corrected chi connectivity index (χ3v) is 7.47. The van der Waals surface area contributed by atoms with E-state index in [0.29, 0.717) is 50.8 Å². The highest BCUT2D eigenvalue weighted by Crippen LogP contribution is 2.35. The van der Waals surface area contributed by atoms with E-state index in [1.165, 1.54) is 4.70 Å². The molecule has 1 aromatic carbocycles. The SMILES string of the molecule is CCOC(=O)[C@H]1CCCN(c2nc(-c3csc4ccccc34)ccc2C(=O)N2CCOCC2)C1. The molecule has 5 rings (SSSR count). The molecule has 178 valence electrons. The molecule has 4 heterocycles. The third kappa shape index (κ3) is 4.52. The molecule has 0 bridgehead atoms. The summed E-state index contributed by atoms with van der Waals surface area (Å²) in [6, 6.07) is 12.1. The first-order valence-electron chi connectivity index (χ1n) is 11.9. The number of pyridine rings is 1. The number of ether oxygens (including phenoxy) is 2. The molecule has 0 N–H and O–H groups in total. The van der Waals surface area contributed by atoms with Crippen LogP contribution >= 0.6 is 11.3 Å². The maximum atomic E-state index is 13.5. The van der Waals surface area contributed by atoms with E-state index < -0.39 is 0 Å². The number of esters is 1. The fourth-order valence-corrected chi connectivity index (χ4v) is 5.70. The Hall–Kier alpha value is -2.97. The number of amides is 1. The predicted octanol–water partition coefficient (Wildman–Crippen LogP) is 4.22. The zero-order valence-electron chi connectivity index (χ0n) is 19.4. The fraction of sp³-hybridized carbons (Fsp3) is 0.423. The lowest BCUT2D eigenvalue weighted by atomic mass is 9.97. The van der Waals surface area contributed by atoms with E-state index in [2.05, 4.69) is 22.4 Å². The summed E-state index contributed by atoms with van der Waals surface area (Å²) in [5.41, 5.74) is 2.48. The number of aromatic nitrogens is 1. The van der Waals surface area contributed by atoms with Gasteiger partial charge in [0, 0.05) is 47.2 Å².